The second-order valence-electron chi connectivity index (χ2n) is 5.59. The molecule has 2 amide bonds. The van der Waals surface area contributed by atoms with Gasteiger partial charge in [0.2, 0.25) is 11.8 Å². The lowest BCUT2D eigenvalue weighted by atomic mass is 9.89. The maximum atomic E-state index is 12.9. The molecule has 2 unspecified atom stereocenters. The lowest BCUT2D eigenvalue weighted by molar-refractivity contribution is -0.147. The fraction of sp³-hybridized carbons (Fsp3) is 0.857. The van der Waals surface area contributed by atoms with Crippen molar-refractivity contribution < 1.29 is 9.59 Å². The SMILES string of the molecule is CCC1(C(=O)N2CCCCC2C(=O)NC)CCCN1. The van der Waals surface area contributed by atoms with Crippen molar-refractivity contribution in [1.29, 1.82) is 0 Å². The minimum Gasteiger partial charge on any atom is -0.357 e. The second-order valence-corrected chi connectivity index (χ2v) is 5.59. The first kappa shape index (κ1) is 14.3. The summed E-state index contributed by atoms with van der Waals surface area (Å²) in [5.74, 6) is 0.0955. The number of amides is 2. The van der Waals surface area contributed by atoms with Crippen LogP contribution in [0.15, 0.2) is 0 Å². The number of rotatable bonds is 3. The topological polar surface area (TPSA) is 61.4 Å². The van der Waals surface area contributed by atoms with Crippen LogP contribution in [0.4, 0.5) is 0 Å². The van der Waals surface area contributed by atoms with Crippen molar-refractivity contribution in [2.75, 3.05) is 20.1 Å². The van der Waals surface area contributed by atoms with E-state index in [2.05, 4.69) is 17.6 Å². The Labute approximate surface area is 115 Å². The molecule has 2 fully saturated rings. The van der Waals surface area contributed by atoms with Gasteiger partial charge in [-0.3, -0.25) is 9.59 Å². The van der Waals surface area contributed by atoms with Gasteiger partial charge < -0.3 is 15.5 Å². The van der Waals surface area contributed by atoms with E-state index < -0.39 is 5.54 Å². The fourth-order valence-corrected chi connectivity index (χ4v) is 3.33. The summed E-state index contributed by atoms with van der Waals surface area (Å²) in [5.41, 5.74) is -0.427. The monoisotopic (exact) mass is 267 g/mol. The third kappa shape index (κ3) is 2.61. The third-order valence-electron chi connectivity index (χ3n) is 4.57. The zero-order valence-electron chi connectivity index (χ0n) is 12.0. The molecule has 2 heterocycles. The highest BCUT2D eigenvalue weighted by atomic mass is 16.2. The summed E-state index contributed by atoms with van der Waals surface area (Å²) in [4.78, 5) is 26.6. The van der Waals surface area contributed by atoms with Gasteiger partial charge in [-0.25, -0.2) is 0 Å². The summed E-state index contributed by atoms with van der Waals surface area (Å²) in [7, 11) is 1.64. The molecule has 2 atom stereocenters. The summed E-state index contributed by atoms with van der Waals surface area (Å²) in [6.45, 7) is 3.66. The molecule has 0 aromatic carbocycles. The predicted octanol–water partition coefficient (Wildman–Crippen LogP) is 0.646. The summed E-state index contributed by atoms with van der Waals surface area (Å²) < 4.78 is 0. The molecule has 5 heteroatoms. The molecule has 0 radical (unpaired) electrons. The molecule has 2 N–H and O–H groups in total. The Morgan fingerprint density at radius 1 is 1.37 bits per heavy atom. The van der Waals surface area contributed by atoms with Gasteiger partial charge in [0.05, 0.1) is 5.54 Å². The Balaban J connectivity index is 2.17. The van der Waals surface area contributed by atoms with Gasteiger partial charge in [-0.05, 0) is 45.1 Å². The average molecular weight is 267 g/mol. The fourth-order valence-electron chi connectivity index (χ4n) is 3.33. The van der Waals surface area contributed by atoms with Gasteiger partial charge in [0.15, 0.2) is 0 Å². The van der Waals surface area contributed by atoms with E-state index in [1.54, 1.807) is 7.05 Å². The lowest BCUT2D eigenvalue weighted by Gasteiger charge is -2.40. The molecular formula is C14H25N3O2. The molecule has 108 valence electrons. The number of likely N-dealkylation sites (tertiary alicyclic amines) is 1. The van der Waals surface area contributed by atoms with E-state index in [0.717, 1.165) is 45.1 Å². The Hall–Kier alpha value is -1.10. The summed E-state index contributed by atoms with van der Waals surface area (Å²) in [5, 5.41) is 6.06. The molecule has 2 aliphatic rings. The molecule has 0 saturated carbocycles. The highest BCUT2D eigenvalue weighted by molar-refractivity contribution is 5.92. The highest BCUT2D eigenvalue weighted by Crippen LogP contribution is 2.29. The maximum absolute atomic E-state index is 12.9. The van der Waals surface area contributed by atoms with Crippen molar-refractivity contribution in [3.05, 3.63) is 0 Å². The van der Waals surface area contributed by atoms with Crippen LogP contribution < -0.4 is 10.6 Å². The maximum Gasteiger partial charge on any atom is 0.243 e. The van der Waals surface area contributed by atoms with Crippen molar-refractivity contribution in [3.63, 3.8) is 0 Å². The zero-order valence-corrected chi connectivity index (χ0v) is 12.0. The Bertz CT molecular complexity index is 351. The number of hydrogen-bond donors (Lipinski definition) is 2. The van der Waals surface area contributed by atoms with Crippen LogP contribution in [0.25, 0.3) is 0 Å². The lowest BCUT2D eigenvalue weighted by Crippen LogP contribution is -2.60. The van der Waals surface area contributed by atoms with Crippen LogP contribution in [0.5, 0.6) is 0 Å². The number of hydrogen-bond acceptors (Lipinski definition) is 3. The molecule has 0 aliphatic carbocycles. The molecule has 2 rings (SSSR count). The smallest absolute Gasteiger partial charge is 0.243 e. The number of nitrogens with zero attached hydrogens (tertiary/aromatic N) is 1. The number of likely N-dealkylation sites (N-methyl/N-ethyl adjacent to an activating group) is 1. The van der Waals surface area contributed by atoms with Gasteiger partial charge in [0.1, 0.15) is 6.04 Å². The quantitative estimate of drug-likeness (QED) is 0.789. The highest BCUT2D eigenvalue weighted by Gasteiger charge is 2.45. The standard InChI is InChI=1S/C14H25N3O2/c1-3-14(8-6-9-16-14)13(19)17-10-5-4-7-11(17)12(18)15-2/h11,16H,3-10H2,1-2H3,(H,15,18). The van der Waals surface area contributed by atoms with Gasteiger partial charge in [-0.15, -0.1) is 0 Å². The van der Waals surface area contributed by atoms with Gasteiger partial charge in [-0.1, -0.05) is 6.92 Å². The van der Waals surface area contributed by atoms with E-state index in [1.165, 1.54) is 0 Å². The first-order chi connectivity index (χ1) is 9.14. The summed E-state index contributed by atoms with van der Waals surface area (Å²) in [6.07, 6.45) is 5.53. The molecule has 5 nitrogen and oxygen atoms in total. The van der Waals surface area contributed by atoms with Crippen molar-refractivity contribution in [2.24, 2.45) is 0 Å². The molecule has 0 aromatic heterocycles. The van der Waals surface area contributed by atoms with Gasteiger partial charge >= 0.3 is 0 Å². The average Bonchev–Trinajstić information content (AvgIpc) is 2.95. The minimum absolute atomic E-state index is 0.0303. The van der Waals surface area contributed by atoms with Crippen LogP contribution in [-0.2, 0) is 9.59 Å². The number of nitrogens with one attached hydrogen (secondary N) is 2. The van der Waals surface area contributed by atoms with E-state index in [1.807, 2.05) is 4.90 Å². The molecule has 19 heavy (non-hydrogen) atoms. The van der Waals surface area contributed by atoms with Crippen molar-refractivity contribution in [1.82, 2.24) is 15.5 Å². The molecular weight excluding hydrogens is 242 g/mol. The Morgan fingerprint density at radius 2 is 2.16 bits per heavy atom. The summed E-state index contributed by atoms with van der Waals surface area (Å²) >= 11 is 0. The Morgan fingerprint density at radius 3 is 2.74 bits per heavy atom. The van der Waals surface area contributed by atoms with Gasteiger partial charge in [0.25, 0.3) is 0 Å². The second kappa shape index (κ2) is 5.90. The number of piperidine rings is 1. The van der Waals surface area contributed by atoms with E-state index in [-0.39, 0.29) is 17.9 Å². The molecule has 2 aliphatic heterocycles. The van der Waals surface area contributed by atoms with Crippen LogP contribution >= 0.6 is 0 Å². The van der Waals surface area contributed by atoms with E-state index in [4.69, 9.17) is 0 Å². The normalized spacial score (nSPS) is 31.3. The summed E-state index contributed by atoms with van der Waals surface area (Å²) in [6, 6.07) is -0.280. The van der Waals surface area contributed by atoms with E-state index >= 15 is 0 Å². The number of carbonyl (C=O) groups excluding carboxylic acids is 2. The van der Waals surface area contributed by atoms with Crippen molar-refractivity contribution in [3.8, 4) is 0 Å². The molecule has 0 aromatic rings. The van der Waals surface area contributed by atoms with Crippen LogP contribution in [0, 0.1) is 0 Å². The van der Waals surface area contributed by atoms with Crippen LogP contribution in [-0.4, -0.2) is 48.4 Å². The van der Waals surface area contributed by atoms with Crippen molar-refractivity contribution >= 4 is 11.8 Å². The first-order valence-corrected chi connectivity index (χ1v) is 7.42. The van der Waals surface area contributed by atoms with Crippen molar-refractivity contribution in [2.45, 2.75) is 57.0 Å². The predicted molar refractivity (Wildman–Crippen MR) is 73.7 cm³/mol. The van der Waals surface area contributed by atoms with E-state index in [0.29, 0.717) is 6.54 Å². The van der Waals surface area contributed by atoms with Gasteiger partial charge in [0, 0.05) is 13.6 Å². The van der Waals surface area contributed by atoms with Crippen LogP contribution in [0.2, 0.25) is 0 Å². The zero-order chi connectivity index (χ0) is 13.9. The van der Waals surface area contributed by atoms with Gasteiger partial charge in [-0.2, -0.15) is 0 Å². The Kier molecular flexibility index (Phi) is 4.45. The van der Waals surface area contributed by atoms with Crippen LogP contribution in [0.3, 0.4) is 0 Å². The molecule has 0 spiro atoms. The largest absolute Gasteiger partial charge is 0.357 e. The number of carbonyl (C=O) groups is 2. The first-order valence-electron chi connectivity index (χ1n) is 7.42. The van der Waals surface area contributed by atoms with E-state index in [9.17, 15) is 9.59 Å². The minimum atomic E-state index is -0.427. The third-order valence-corrected chi connectivity index (χ3v) is 4.57. The molecule has 0 bridgehead atoms. The molecule has 2 saturated heterocycles. The van der Waals surface area contributed by atoms with Crippen LogP contribution in [0.1, 0.15) is 45.4 Å².